The Morgan fingerprint density at radius 1 is 1.33 bits per heavy atom. The van der Waals surface area contributed by atoms with Gasteiger partial charge >= 0.3 is 0 Å². The zero-order valence-corrected chi connectivity index (χ0v) is 12.4. The van der Waals surface area contributed by atoms with Crippen molar-refractivity contribution >= 4 is 0 Å². The Kier molecular flexibility index (Phi) is 5.08. The predicted octanol–water partition coefficient (Wildman–Crippen LogP) is 2.36. The van der Waals surface area contributed by atoms with Gasteiger partial charge in [-0.25, -0.2) is 4.98 Å². The maximum absolute atomic E-state index is 5.46. The van der Waals surface area contributed by atoms with E-state index in [1.807, 2.05) is 27.0 Å². The van der Waals surface area contributed by atoms with Gasteiger partial charge in [-0.2, -0.15) is 4.98 Å². The normalized spacial score (nSPS) is 13.4. The van der Waals surface area contributed by atoms with E-state index in [1.54, 1.807) is 0 Å². The van der Waals surface area contributed by atoms with Crippen LogP contribution in [0.5, 0.6) is 5.88 Å². The van der Waals surface area contributed by atoms with E-state index in [1.165, 1.54) is 0 Å². The molecule has 0 aliphatic rings. The summed E-state index contributed by atoms with van der Waals surface area (Å²) in [5.41, 5.74) is 1.22. The molecule has 1 atom stereocenters. The second kappa shape index (κ2) is 6.14. The van der Waals surface area contributed by atoms with Crippen molar-refractivity contribution in [3.63, 3.8) is 0 Å². The number of rotatable bonds is 5. The van der Waals surface area contributed by atoms with Gasteiger partial charge in [-0.05, 0) is 26.3 Å². The lowest BCUT2D eigenvalue weighted by Crippen LogP contribution is -2.40. The number of ether oxygens (including phenoxy) is 1. The van der Waals surface area contributed by atoms with E-state index < -0.39 is 0 Å². The first-order valence-corrected chi connectivity index (χ1v) is 6.51. The highest BCUT2D eigenvalue weighted by atomic mass is 16.5. The van der Waals surface area contributed by atoms with E-state index in [9.17, 15) is 0 Å². The van der Waals surface area contributed by atoms with Crippen LogP contribution in [0.15, 0.2) is 6.07 Å². The number of hydrogen-bond donors (Lipinski definition) is 1. The third kappa shape index (κ3) is 4.26. The van der Waals surface area contributed by atoms with Gasteiger partial charge in [0.05, 0.1) is 6.61 Å². The van der Waals surface area contributed by atoms with Crippen molar-refractivity contribution in [1.82, 2.24) is 15.3 Å². The summed E-state index contributed by atoms with van der Waals surface area (Å²) in [5.74, 6) is 1.43. The van der Waals surface area contributed by atoms with Gasteiger partial charge in [-0.15, -0.1) is 0 Å². The molecule has 1 heterocycles. The van der Waals surface area contributed by atoms with Crippen molar-refractivity contribution < 1.29 is 4.74 Å². The maximum atomic E-state index is 5.46. The summed E-state index contributed by atoms with van der Waals surface area (Å²) in [6.07, 6.45) is 0.878. The highest BCUT2D eigenvalue weighted by molar-refractivity contribution is 5.17. The number of likely N-dealkylation sites (N-methyl/N-ethyl adjacent to an activating group) is 1. The smallest absolute Gasteiger partial charge is 0.216 e. The van der Waals surface area contributed by atoms with E-state index in [0.717, 1.165) is 17.9 Å². The van der Waals surface area contributed by atoms with Gasteiger partial charge in [0, 0.05) is 24.2 Å². The molecule has 1 N–H and O–H groups in total. The Balaban J connectivity index is 2.89. The minimum absolute atomic E-state index is 0.194. The fourth-order valence-corrected chi connectivity index (χ4v) is 1.98. The zero-order valence-electron chi connectivity index (χ0n) is 12.4. The molecule has 0 radical (unpaired) electrons. The second-order valence-electron chi connectivity index (χ2n) is 5.59. The molecule has 18 heavy (non-hydrogen) atoms. The van der Waals surface area contributed by atoms with E-state index >= 15 is 0 Å². The Hall–Kier alpha value is -1.16. The van der Waals surface area contributed by atoms with Crippen LogP contribution < -0.4 is 10.1 Å². The van der Waals surface area contributed by atoms with E-state index in [-0.39, 0.29) is 5.41 Å². The van der Waals surface area contributed by atoms with Crippen molar-refractivity contribution in [2.24, 2.45) is 5.41 Å². The standard InChI is InChI=1S/C14H25N3O/c1-7-18-13-9-11(16-10(2)17-13)8-12(15-6)14(3,4)5/h9,12,15H,7-8H2,1-6H3. The number of nitrogens with zero attached hydrogens (tertiary/aromatic N) is 2. The number of hydrogen-bond acceptors (Lipinski definition) is 4. The molecule has 1 aromatic heterocycles. The van der Waals surface area contributed by atoms with Gasteiger partial charge < -0.3 is 10.1 Å². The molecule has 0 saturated carbocycles. The van der Waals surface area contributed by atoms with E-state index in [0.29, 0.717) is 18.5 Å². The van der Waals surface area contributed by atoms with Gasteiger partial charge in [0.25, 0.3) is 0 Å². The van der Waals surface area contributed by atoms with Gasteiger partial charge in [0.2, 0.25) is 5.88 Å². The SMILES string of the molecule is CCOc1cc(CC(NC)C(C)(C)C)nc(C)n1. The molecule has 0 saturated heterocycles. The molecule has 4 heteroatoms. The summed E-state index contributed by atoms with van der Waals surface area (Å²) >= 11 is 0. The maximum Gasteiger partial charge on any atom is 0.216 e. The van der Waals surface area contributed by atoms with Crippen molar-refractivity contribution in [3.8, 4) is 5.88 Å². The fraction of sp³-hybridized carbons (Fsp3) is 0.714. The molecule has 1 unspecified atom stereocenters. The van der Waals surface area contributed by atoms with Crippen molar-refractivity contribution in [2.75, 3.05) is 13.7 Å². The molecule has 0 bridgehead atoms. The first-order chi connectivity index (χ1) is 8.36. The van der Waals surface area contributed by atoms with Crippen LogP contribution in [-0.4, -0.2) is 29.7 Å². The molecule has 0 fully saturated rings. The van der Waals surface area contributed by atoms with Gasteiger partial charge in [-0.1, -0.05) is 20.8 Å². The number of aromatic nitrogens is 2. The molecule has 0 aliphatic carbocycles. The van der Waals surface area contributed by atoms with Crippen molar-refractivity contribution in [2.45, 2.75) is 47.1 Å². The summed E-state index contributed by atoms with van der Waals surface area (Å²) in [6.45, 7) is 11.2. The third-order valence-corrected chi connectivity index (χ3v) is 2.97. The van der Waals surface area contributed by atoms with E-state index in [2.05, 4.69) is 36.1 Å². The highest BCUT2D eigenvalue weighted by Crippen LogP contribution is 2.22. The van der Waals surface area contributed by atoms with Crippen molar-refractivity contribution in [3.05, 3.63) is 17.6 Å². The molecule has 102 valence electrons. The van der Waals surface area contributed by atoms with Crippen LogP contribution in [0.2, 0.25) is 0 Å². The fourth-order valence-electron chi connectivity index (χ4n) is 1.98. The first-order valence-electron chi connectivity index (χ1n) is 6.51. The van der Waals surface area contributed by atoms with Crippen LogP contribution in [0, 0.1) is 12.3 Å². The van der Waals surface area contributed by atoms with Crippen LogP contribution in [0.25, 0.3) is 0 Å². The minimum Gasteiger partial charge on any atom is -0.478 e. The molecule has 0 amide bonds. The summed E-state index contributed by atoms with van der Waals surface area (Å²) in [4.78, 5) is 8.75. The highest BCUT2D eigenvalue weighted by Gasteiger charge is 2.23. The first kappa shape index (κ1) is 14.9. The molecular weight excluding hydrogens is 226 g/mol. The van der Waals surface area contributed by atoms with Crippen LogP contribution in [0.4, 0.5) is 0 Å². The largest absolute Gasteiger partial charge is 0.478 e. The Labute approximate surface area is 110 Å². The molecule has 0 spiro atoms. The van der Waals surface area contributed by atoms with Gasteiger partial charge in [0.1, 0.15) is 5.82 Å². The topological polar surface area (TPSA) is 47.0 Å². The molecule has 0 aromatic carbocycles. The summed E-state index contributed by atoms with van der Waals surface area (Å²) < 4.78 is 5.46. The molecule has 4 nitrogen and oxygen atoms in total. The predicted molar refractivity (Wildman–Crippen MR) is 73.9 cm³/mol. The quantitative estimate of drug-likeness (QED) is 0.872. The van der Waals surface area contributed by atoms with Crippen LogP contribution in [0.1, 0.15) is 39.2 Å². The molecule has 1 aromatic rings. The van der Waals surface area contributed by atoms with Crippen LogP contribution in [0.3, 0.4) is 0 Å². The van der Waals surface area contributed by atoms with Gasteiger partial charge in [-0.3, -0.25) is 0 Å². The zero-order chi connectivity index (χ0) is 13.8. The summed E-state index contributed by atoms with van der Waals surface area (Å²) in [7, 11) is 1.99. The lowest BCUT2D eigenvalue weighted by molar-refractivity contribution is 0.277. The van der Waals surface area contributed by atoms with Gasteiger partial charge in [0.15, 0.2) is 0 Å². The molecule has 0 aliphatic heterocycles. The average molecular weight is 251 g/mol. The summed E-state index contributed by atoms with van der Waals surface area (Å²) in [6, 6.07) is 2.31. The Bertz CT molecular complexity index is 385. The molecular formula is C14H25N3O. The minimum atomic E-state index is 0.194. The van der Waals surface area contributed by atoms with Crippen LogP contribution in [-0.2, 0) is 6.42 Å². The lowest BCUT2D eigenvalue weighted by atomic mass is 9.84. The second-order valence-corrected chi connectivity index (χ2v) is 5.59. The summed E-state index contributed by atoms with van der Waals surface area (Å²) in [5, 5.41) is 3.36. The monoisotopic (exact) mass is 251 g/mol. The number of aryl methyl sites for hydroxylation is 1. The third-order valence-electron chi connectivity index (χ3n) is 2.97. The molecule has 1 rings (SSSR count). The lowest BCUT2D eigenvalue weighted by Gasteiger charge is -2.30. The van der Waals surface area contributed by atoms with Crippen LogP contribution >= 0.6 is 0 Å². The van der Waals surface area contributed by atoms with Crippen molar-refractivity contribution in [1.29, 1.82) is 0 Å². The Morgan fingerprint density at radius 3 is 2.50 bits per heavy atom. The Morgan fingerprint density at radius 2 is 2.00 bits per heavy atom. The van der Waals surface area contributed by atoms with E-state index in [4.69, 9.17) is 4.74 Å². The average Bonchev–Trinajstić information content (AvgIpc) is 2.24. The number of nitrogens with one attached hydrogen (secondary N) is 1.